The Morgan fingerprint density at radius 3 is 2.95 bits per heavy atom. The van der Waals surface area contributed by atoms with Crippen LogP contribution in [-0.2, 0) is 13.0 Å². The number of hydrogen-bond acceptors (Lipinski definition) is 6. The number of aryl methyl sites for hydroxylation is 1. The Balaban J connectivity index is 1.56. The summed E-state index contributed by atoms with van der Waals surface area (Å²) < 4.78 is 5.27. The first-order chi connectivity index (χ1) is 10.2. The maximum Gasteiger partial charge on any atom is 0.191 e. The molecule has 1 aliphatic rings. The van der Waals surface area contributed by atoms with E-state index in [1.54, 1.807) is 6.26 Å². The molecule has 0 saturated carbocycles. The summed E-state index contributed by atoms with van der Waals surface area (Å²) >= 11 is 0. The predicted molar refractivity (Wildman–Crippen MR) is 79.4 cm³/mol. The minimum atomic E-state index is 0.477. The Kier molecular flexibility index (Phi) is 4.15. The van der Waals surface area contributed by atoms with Crippen LogP contribution in [0, 0.1) is 12.8 Å². The predicted octanol–water partition coefficient (Wildman–Crippen LogP) is 1.81. The highest BCUT2D eigenvalue weighted by atomic mass is 16.3. The molecule has 0 bridgehead atoms. The van der Waals surface area contributed by atoms with Gasteiger partial charge in [-0.15, -0.1) is 5.10 Å². The monoisotopic (exact) mass is 287 g/mol. The Labute approximate surface area is 124 Å². The minimum absolute atomic E-state index is 0.477. The van der Waals surface area contributed by atoms with Gasteiger partial charge in [0.15, 0.2) is 5.89 Å². The highest BCUT2D eigenvalue weighted by Crippen LogP contribution is 2.21. The van der Waals surface area contributed by atoms with Crippen LogP contribution < -0.4 is 5.73 Å². The number of oxazole rings is 1. The van der Waals surface area contributed by atoms with Gasteiger partial charge in [0.25, 0.3) is 0 Å². The van der Waals surface area contributed by atoms with Crippen molar-refractivity contribution in [3.05, 3.63) is 35.7 Å². The Hall–Kier alpha value is -1.95. The van der Waals surface area contributed by atoms with E-state index < -0.39 is 0 Å². The fourth-order valence-electron chi connectivity index (χ4n) is 2.95. The van der Waals surface area contributed by atoms with E-state index >= 15 is 0 Å². The van der Waals surface area contributed by atoms with E-state index in [1.165, 1.54) is 12.8 Å². The first-order valence-electron chi connectivity index (χ1n) is 7.40. The summed E-state index contributed by atoms with van der Waals surface area (Å²) in [6.45, 7) is 4.93. The van der Waals surface area contributed by atoms with E-state index in [2.05, 4.69) is 20.1 Å². The van der Waals surface area contributed by atoms with Crippen LogP contribution in [0.4, 0.5) is 5.82 Å². The van der Waals surface area contributed by atoms with Crippen LogP contribution in [0.3, 0.4) is 0 Å². The molecule has 6 nitrogen and oxygen atoms in total. The van der Waals surface area contributed by atoms with Gasteiger partial charge >= 0.3 is 0 Å². The first-order valence-corrected chi connectivity index (χ1v) is 7.40. The third-order valence-corrected chi connectivity index (χ3v) is 3.89. The summed E-state index contributed by atoms with van der Waals surface area (Å²) in [6, 6.07) is 3.80. The third kappa shape index (κ3) is 3.78. The molecule has 112 valence electrons. The molecule has 0 aliphatic carbocycles. The molecule has 1 saturated heterocycles. The van der Waals surface area contributed by atoms with Gasteiger partial charge in [-0.05, 0) is 43.9 Å². The van der Waals surface area contributed by atoms with Crippen molar-refractivity contribution in [2.24, 2.45) is 5.92 Å². The largest absolute Gasteiger partial charge is 0.449 e. The number of piperidine rings is 1. The van der Waals surface area contributed by atoms with Crippen molar-refractivity contribution in [2.45, 2.75) is 32.7 Å². The molecule has 0 amide bonds. The van der Waals surface area contributed by atoms with Gasteiger partial charge in [-0.1, -0.05) is 0 Å². The molecule has 2 aromatic heterocycles. The normalized spacial score (nSPS) is 19.8. The van der Waals surface area contributed by atoms with E-state index in [9.17, 15) is 0 Å². The van der Waals surface area contributed by atoms with Crippen molar-refractivity contribution in [3.63, 3.8) is 0 Å². The van der Waals surface area contributed by atoms with Crippen LogP contribution in [-0.4, -0.2) is 33.2 Å². The van der Waals surface area contributed by atoms with Crippen molar-refractivity contribution in [3.8, 4) is 0 Å². The molecule has 0 radical (unpaired) electrons. The Morgan fingerprint density at radius 1 is 1.33 bits per heavy atom. The van der Waals surface area contributed by atoms with Crippen LogP contribution in [0.2, 0.25) is 0 Å². The summed E-state index contributed by atoms with van der Waals surface area (Å²) in [6.07, 6.45) is 5.16. The first kappa shape index (κ1) is 14.0. The molecule has 21 heavy (non-hydrogen) atoms. The van der Waals surface area contributed by atoms with Gasteiger partial charge in [0, 0.05) is 20.0 Å². The van der Waals surface area contributed by atoms with Crippen LogP contribution in [0.1, 0.15) is 30.1 Å². The number of anilines is 1. The second kappa shape index (κ2) is 6.22. The maximum absolute atomic E-state index is 5.57. The summed E-state index contributed by atoms with van der Waals surface area (Å²) in [5.41, 5.74) is 7.61. The van der Waals surface area contributed by atoms with E-state index in [-0.39, 0.29) is 0 Å². The van der Waals surface area contributed by atoms with E-state index in [0.717, 1.165) is 43.3 Å². The topological polar surface area (TPSA) is 81.1 Å². The number of rotatable bonds is 4. The van der Waals surface area contributed by atoms with Gasteiger partial charge in [0.05, 0.1) is 11.4 Å². The number of nitrogen functional groups attached to an aromatic ring is 1. The van der Waals surface area contributed by atoms with Gasteiger partial charge in [0.1, 0.15) is 12.1 Å². The SMILES string of the molecule is Cc1nc(CN2CCCC(Cc3ccc(N)nn3)C2)co1. The molecule has 1 unspecified atom stereocenters. The molecule has 2 aromatic rings. The molecule has 1 fully saturated rings. The van der Waals surface area contributed by atoms with Crippen LogP contribution in [0.15, 0.2) is 22.8 Å². The minimum Gasteiger partial charge on any atom is -0.449 e. The molecule has 0 spiro atoms. The average molecular weight is 287 g/mol. The van der Waals surface area contributed by atoms with Gasteiger partial charge in [-0.3, -0.25) is 4.90 Å². The molecule has 3 heterocycles. The molecule has 1 atom stereocenters. The van der Waals surface area contributed by atoms with Gasteiger partial charge in [-0.2, -0.15) is 5.10 Å². The number of nitrogens with two attached hydrogens (primary N) is 1. The number of hydrogen-bond donors (Lipinski definition) is 1. The van der Waals surface area contributed by atoms with E-state index in [4.69, 9.17) is 10.2 Å². The summed E-state index contributed by atoms with van der Waals surface area (Å²) in [4.78, 5) is 6.82. The quantitative estimate of drug-likeness (QED) is 0.923. The summed E-state index contributed by atoms with van der Waals surface area (Å²) in [5, 5.41) is 8.09. The van der Waals surface area contributed by atoms with Crippen molar-refractivity contribution >= 4 is 5.82 Å². The fraction of sp³-hybridized carbons (Fsp3) is 0.533. The Bertz CT molecular complexity index is 580. The number of nitrogens with zero attached hydrogens (tertiary/aromatic N) is 4. The zero-order chi connectivity index (χ0) is 14.7. The highest BCUT2D eigenvalue weighted by Gasteiger charge is 2.21. The molecule has 6 heteroatoms. The molecule has 2 N–H and O–H groups in total. The Morgan fingerprint density at radius 2 is 2.24 bits per heavy atom. The molecule has 3 rings (SSSR count). The lowest BCUT2D eigenvalue weighted by Crippen LogP contribution is -2.36. The van der Waals surface area contributed by atoms with Crippen molar-refractivity contribution in [1.29, 1.82) is 0 Å². The van der Waals surface area contributed by atoms with Crippen LogP contribution >= 0.6 is 0 Å². The van der Waals surface area contributed by atoms with Gasteiger partial charge in [0.2, 0.25) is 0 Å². The number of aromatic nitrogens is 3. The van der Waals surface area contributed by atoms with Crippen LogP contribution in [0.5, 0.6) is 0 Å². The second-order valence-electron chi connectivity index (χ2n) is 5.75. The molecular formula is C15H21N5O. The molecule has 0 aromatic carbocycles. The highest BCUT2D eigenvalue weighted by molar-refractivity contribution is 5.25. The van der Waals surface area contributed by atoms with E-state index in [0.29, 0.717) is 11.7 Å². The van der Waals surface area contributed by atoms with Crippen LogP contribution in [0.25, 0.3) is 0 Å². The summed E-state index contributed by atoms with van der Waals surface area (Å²) in [7, 11) is 0. The lowest BCUT2D eigenvalue weighted by molar-refractivity contribution is 0.164. The zero-order valence-corrected chi connectivity index (χ0v) is 12.3. The second-order valence-corrected chi connectivity index (χ2v) is 5.75. The third-order valence-electron chi connectivity index (χ3n) is 3.89. The van der Waals surface area contributed by atoms with Crippen molar-refractivity contribution < 1.29 is 4.42 Å². The zero-order valence-electron chi connectivity index (χ0n) is 12.3. The fourth-order valence-corrected chi connectivity index (χ4v) is 2.95. The molecular weight excluding hydrogens is 266 g/mol. The van der Waals surface area contributed by atoms with Gasteiger partial charge < -0.3 is 10.2 Å². The lowest BCUT2D eigenvalue weighted by atomic mass is 9.93. The van der Waals surface area contributed by atoms with Crippen molar-refractivity contribution in [1.82, 2.24) is 20.1 Å². The maximum atomic E-state index is 5.57. The lowest BCUT2D eigenvalue weighted by Gasteiger charge is -2.31. The molecule has 1 aliphatic heterocycles. The van der Waals surface area contributed by atoms with Crippen molar-refractivity contribution in [2.75, 3.05) is 18.8 Å². The van der Waals surface area contributed by atoms with E-state index in [1.807, 2.05) is 19.1 Å². The average Bonchev–Trinajstić information content (AvgIpc) is 2.87. The summed E-state index contributed by atoms with van der Waals surface area (Å²) in [5.74, 6) is 1.82. The number of likely N-dealkylation sites (tertiary alicyclic amines) is 1. The van der Waals surface area contributed by atoms with Gasteiger partial charge in [-0.25, -0.2) is 4.98 Å². The smallest absolute Gasteiger partial charge is 0.191 e. The standard InChI is InChI=1S/C15H21N5O/c1-11-17-14(10-21-11)9-20-6-2-3-12(8-20)7-13-4-5-15(16)19-18-13/h4-5,10,12H,2-3,6-9H2,1H3,(H2,16,19).